The number of nitrogens with one attached hydrogen (secondary N) is 1. The zero-order chi connectivity index (χ0) is 14.8. The summed E-state index contributed by atoms with van der Waals surface area (Å²) < 4.78 is 0. The van der Waals surface area contributed by atoms with Gasteiger partial charge in [0.1, 0.15) is 0 Å². The summed E-state index contributed by atoms with van der Waals surface area (Å²) in [6, 6.07) is 0.615. The Morgan fingerprint density at radius 2 is 2.10 bits per heavy atom. The average Bonchev–Trinajstić information content (AvgIpc) is 2.82. The number of hydrogen-bond acceptors (Lipinski definition) is 5. The highest BCUT2D eigenvalue weighted by atomic mass is 32.1. The fourth-order valence-corrected chi connectivity index (χ4v) is 3.36. The molecule has 114 valence electrons. The van der Waals surface area contributed by atoms with Crippen LogP contribution >= 0.6 is 11.3 Å². The van der Waals surface area contributed by atoms with Gasteiger partial charge in [-0.1, -0.05) is 20.8 Å². The van der Waals surface area contributed by atoms with Gasteiger partial charge in [-0.05, 0) is 14.1 Å². The van der Waals surface area contributed by atoms with Crippen molar-refractivity contribution in [2.75, 3.05) is 40.3 Å². The van der Waals surface area contributed by atoms with Crippen LogP contribution in [0.2, 0.25) is 0 Å². The summed E-state index contributed by atoms with van der Waals surface area (Å²) in [6.45, 7) is 12.1. The Morgan fingerprint density at radius 3 is 2.75 bits per heavy atom. The number of piperazine rings is 1. The molecule has 0 spiro atoms. The van der Waals surface area contributed by atoms with Gasteiger partial charge in [-0.3, -0.25) is 4.90 Å². The molecule has 0 bridgehead atoms. The molecule has 0 aliphatic carbocycles. The highest BCUT2D eigenvalue weighted by Crippen LogP contribution is 2.26. The predicted molar refractivity (Wildman–Crippen MR) is 86.4 cm³/mol. The lowest BCUT2D eigenvalue weighted by Gasteiger charge is -2.37. The molecule has 20 heavy (non-hydrogen) atoms. The highest BCUT2D eigenvalue weighted by Gasteiger charge is 2.22. The smallest absolute Gasteiger partial charge is 0.0981 e. The lowest BCUT2D eigenvalue weighted by atomic mass is 9.98. The summed E-state index contributed by atoms with van der Waals surface area (Å²) in [7, 11) is 4.43. The summed E-state index contributed by atoms with van der Waals surface area (Å²) in [5.41, 5.74) is 0.162. The SMILES string of the molecule is CN1CCN(C)C(CNCc2cnc(C(C)(C)C)s2)C1. The van der Waals surface area contributed by atoms with Crippen molar-refractivity contribution in [1.29, 1.82) is 0 Å². The summed E-state index contributed by atoms with van der Waals surface area (Å²) in [5, 5.41) is 4.81. The van der Waals surface area contributed by atoms with Crippen LogP contribution in [0.4, 0.5) is 0 Å². The van der Waals surface area contributed by atoms with Crippen molar-refractivity contribution < 1.29 is 0 Å². The first-order valence-electron chi connectivity index (χ1n) is 7.41. The van der Waals surface area contributed by atoms with Crippen molar-refractivity contribution in [2.24, 2.45) is 0 Å². The third kappa shape index (κ3) is 4.25. The van der Waals surface area contributed by atoms with E-state index in [4.69, 9.17) is 0 Å². The lowest BCUT2D eigenvalue weighted by Crippen LogP contribution is -2.53. The minimum atomic E-state index is 0.162. The maximum Gasteiger partial charge on any atom is 0.0981 e. The fraction of sp³-hybridized carbons (Fsp3) is 0.800. The molecular weight excluding hydrogens is 268 g/mol. The van der Waals surface area contributed by atoms with E-state index >= 15 is 0 Å². The highest BCUT2D eigenvalue weighted by molar-refractivity contribution is 7.11. The van der Waals surface area contributed by atoms with E-state index in [-0.39, 0.29) is 5.41 Å². The first kappa shape index (κ1) is 15.9. The molecule has 1 N–H and O–H groups in total. The van der Waals surface area contributed by atoms with E-state index in [2.05, 4.69) is 55.0 Å². The van der Waals surface area contributed by atoms with Gasteiger partial charge >= 0.3 is 0 Å². The number of aromatic nitrogens is 1. The van der Waals surface area contributed by atoms with Gasteiger partial charge in [0.2, 0.25) is 0 Å². The normalized spacial score (nSPS) is 22.4. The second-order valence-electron chi connectivity index (χ2n) is 6.91. The van der Waals surface area contributed by atoms with Crippen LogP contribution < -0.4 is 5.32 Å². The van der Waals surface area contributed by atoms with E-state index in [0.29, 0.717) is 6.04 Å². The standard InChI is InChI=1S/C15H28N4S/c1-15(2,3)14-17-10-13(20-14)9-16-8-12-11-18(4)6-7-19(12)5/h10,12,16H,6-9,11H2,1-5H3. The average molecular weight is 296 g/mol. The van der Waals surface area contributed by atoms with E-state index in [9.17, 15) is 0 Å². The molecule has 0 saturated carbocycles. The van der Waals surface area contributed by atoms with Crippen molar-refractivity contribution in [1.82, 2.24) is 20.1 Å². The van der Waals surface area contributed by atoms with Crippen LogP contribution in [0.5, 0.6) is 0 Å². The molecule has 0 amide bonds. The fourth-order valence-electron chi connectivity index (χ4n) is 2.42. The lowest BCUT2D eigenvalue weighted by molar-refractivity contribution is 0.113. The third-order valence-electron chi connectivity index (χ3n) is 3.85. The Hall–Kier alpha value is -0.490. The van der Waals surface area contributed by atoms with Gasteiger partial charge in [-0.25, -0.2) is 4.98 Å². The Labute approximate surface area is 127 Å². The molecular formula is C15H28N4S. The minimum absolute atomic E-state index is 0.162. The van der Waals surface area contributed by atoms with Gasteiger partial charge in [0.15, 0.2) is 0 Å². The number of likely N-dealkylation sites (N-methyl/N-ethyl adjacent to an activating group) is 2. The van der Waals surface area contributed by atoms with Crippen LogP contribution in [0.25, 0.3) is 0 Å². The Balaban J connectivity index is 1.79. The van der Waals surface area contributed by atoms with Crippen LogP contribution in [0.1, 0.15) is 30.7 Å². The Bertz CT molecular complexity index is 424. The van der Waals surface area contributed by atoms with E-state index in [1.54, 1.807) is 0 Å². The van der Waals surface area contributed by atoms with Crippen molar-refractivity contribution in [3.05, 3.63) is 16.1 Å². The van der Waals surface area contributed by atoms with Crippen molar-refractivity contribution in [2.45, 2.75) is 38.8 Å². The quantitative estimate of drug-likeness (QED) is 0.918. The molecule has 2 heterocycles. The van der Waals surface area contributed by atoms with Gasteiger partial charge in [0.25, 0.3) is 0 Å². The Morgan fingerprint density at radius 1 is 1.35 bits per heavy atom. The monoisotopic (exact) mass is 296 g/mol. The molecule has 1 unspecified atom stereocenters. The molecule has 0 aromatic carbocycles. The maximum atomic E-state index is 4.54. The molecule has 5 heteroatoms. The summed E-state index contributed by atoms with van der Waals surface area (Å²) in [6.07, 6.45) is 2.02. The molecule has 1 aromatic heterocycles. The molecule has 1 aliphatic heterocycles. The molecule has 1 saturated heterocycles. The van der Waals surface area contributed by atoms with Crippen LogP contribution in [0.15, 0.2) is 6.20 Å². The van der Waals surface area contributed by atoms with Crippen LogP contribution in [0.3, 0.4) is 0 Å². The van der Waals surface area contributed by atoms with E-state index in [1.807, 2.05) is 17.5 Å². The van der Waals surface area contributed by atoms with Gasteiger partial charge < -0.3 is 10.2 Å². The van der Waals surface area contributed by atoms with Crippen molar-refractivity contribution in [3.8, 4) is 0 Å². The molecule has 1 aromatic rings. The number of nitrogens with zero attached hydrogens (tertiary/aromatic N) is 3. The second kappa shape index (κ2) is 6.52. The number of hydrogen-bond donors (Lipinski definition) is 1. The summed E-state index contributed by atoms with van der Waals surface area (Å²) in [5.74, 6) is 0. The first-order chi connectivity index (χ1) is 9.36. The van der Waals surface area contributed by atoms with Gasteiger partial charge in [0.05, 0.1) is 5.01 Å². The second-order valence-corrected chi connectivity index (χ2v) is 8.02. The van der Waals surface area contributed by atoms with Crippen LogP contribution in [-0.2, 0) is 12.0 Å². The van der Waals surface area contributed by atoms with Gasteiger partial charge in [-0.2, -0.15) is 0 Å². The Kier molecular flexibility index (Phi) is 5.18. The van der Waals surface area contributed by atoms with Crippen molar-refractivity contribution in [3.63, 3.8) is 0 Å². The zero-order valence-electron chi connectivity index (χ0n) is 13.4. The summed E-state index contributed by atoms with van der Waals surface area (Å²) >= 11 is 1.83. The molecule has 1 aliphatic rings. The van der Waals surface area contributed by atoms with Crippen molar-refractivity contribution >= 4 is 11.3 Å². The molecule has 1 atom stereocenters. The predicted octanol–water partition coefficient (Wildman–Crippen LogP) is 1.78. The van der Waals surface area contributed by atoms with E-state index < -0.39 is 0 Å². The first-order valence-corrected chi connectivity index (χ1v) is 8.22. The zero-order valence-corrected chi connectivity index (χ0v) is 14.3. The van der Waals surface area contributed by atoms with Crippen LogP contribution in [-0.4, -0.2) is 61.1 Å². The summed E-state index contributed by atoms with van der Waals surface area (Å²) in [4.78, 5) is 10.7. The number of rotatable bonds is 4. The van der Waals surface area contributed by atoms with Crippen LogP contribution in [0, 0.1) is 0 Å². The van der Waals surface area contributed by atoms with Gasteiger partial charge in [0, 0.05) is 55.3 Å². The van der Waals surface area contributed by atoms with Gasteiger partial charge in [-0.15, -0.1) is 11.3 Å². The largest absolute Gasteiger partial charge is 0.310 e. The maximum absolute atomic E-state index is 4.54. The topological polar surface area (TPSA) is 31.4 Å². The molecule has 2 rings (SSSR count). The molecule has 1 fully saturated rings. The molecule has 0 radical (unpaired) electrons. The van der Waals surface area contributed by atoms with E-state index in [1.165, 1.54) is 16.4 Å². The minimum Gasteiger partial charge on any atom is -0.310 e. The molecule has 4 nitrogen and oxygen atoms in total. The number of thiazole rings is 1. The third-order valence-corrected chi connectivity index (χ3v) is 5.28. The van der Waals surface area contributed by atoms with E-state index in [0.717, 1.165) is 26.2 Å².